The lowest BCUT2D eigenvalue weighted by molar-refractivity contribution is 0.296. The first-order valence-electron chi connectivity index (χ1n) is 7.86. The lowest BCUT2D eigenvalue weighted by atomic mass is 10.0. The number of hydrogen-bond acceptors (Lipinski definition) is 5. The number of hydrogen-bond donors (Lipinski definition) is 2. The molecular formula is C20H18N3O2-. The van der Waals surface area contributed by atoms with Crippen LogP contribution in [-0.4, -0.2) is 10.9 Å². The van der Waals surface area contributed by atoms with Crippen LogP contribution in [0.15, 0.2) is 84.0 Å². The van der Waals surface area contributed by atoms with E-state index in [9.17, 15) is 5.21 Å². The molecule has 25 heavy (non-hydrogen) atoms. The molecule has 0 saturated heterocycles. The van der Waals surface area contributed by atoms with Gasteiger partial charge in [0.05, 0.1) is 17.1 Å². The van der Waals surface area contributed by atoms with E-state index in [1.54, 1.807) is 12.1 Å². The largest absolute Gasteiger partial charge is 0.733 e. The van der Waals surface area contributed by atoms with Crippen molar-refractivity contribution in [3.8, 4) is 0 Å². The summed E-state index contributed by atoms with van der Waals surface area (Å²) in [6.07, 6.45) is 0. The van der Waals surface area contributed by atoms with E-state index >= 15 is 0 Å². The normalized spacial score (nSPS) is 11.2. The van der Waals surface area contributed by atoms with Crippen molar-refractivity contribution in [2.24, 2.45) is 5.10 Å². The predicted molar refractivity (Wildman–Crippen MR) is 101 cm³/mol. The lowest BCUT2D eigenvalue weighted by Gasteiger charge is -2.21. The summed E-state index contributed by atoms with van der Waals surface area (Å²) in [5.74, 6) is 0. The molecule has 2 N–H and O–H groups in total. The van der Waals surface area contributed by atoms with Crippen molar-refractivity contribution in [2.75, 3.05) is 10.7 Å². The van der Waals surface area contributed by atoms with Crippen molar-refractivity contribution < 1.29 is 5.21 Å². The van der Waals surface area contributed by atoms with Crippen LogP contribution in [0.2, 0.25) is 0 Å². The van der Waals surface area contributed by atoms with Crippen LogP contribution in [0.1, 0.15) is 16.7 Å². The summed E-state index contributed by atoms with van der Waals surface area (Å²) in [6.45, 7) is 2.05. The summed E-state index contributed by atoms with van der Waals surface area (Å²) in [5, 5.41) is 24.1. The standard InChI is InChI=1S/C20H18N3O2/c1-15-7-9-17(10-8-15)20(16-5-3-2-4-6-16)22-21-18-11-13-19(14-12-18)23(24)25/h2-14,21,24H,1H3/q-1. The van der Waals surface area contributed by atoms with Gasteiger partial charge in [0.25, 0.3) is 0 Å². The van der Waals surface area contributed by atoms with Gasteiger partial charge in [0.15, 0.2) is 0 Å². The Hall–Kier alpha value is -3.15. The van der Waals surface area contributed by atoms with Gasteiger partial charge < -0.3 is 10.4 Å². The van der Waals surface area contributed by atoms with Gasteiger partial charge in [-0.1, -0.05) is 60.2 Å². The molecule has 3 rings (SSSR count). The Balaban J connectivity index is 1.91. The topological polar surface area (TPSA) is 70.9 Å². The van der Waals surface area contributed by atoms with Crippen LogP contribution < -0.4 is 10.7 Å². The minimum Gasteiger partial charge on any atom is -0.733 e. The fourth-order valence-corrected chi connectivity index (χ4v) is 2.39. The van der Waals surface area contributed by atoms with Gasteiger partial charge in [0.2, 0.25) is 0 Å². The number of anilines is 2. The number of hydrazone groups is 1. The van der Waals surface area contributed by atoms with E-state index in [1.807, 2.05) is 61.5 Å². The maximum atomic E-state index is 10.8. The molecule has 126 valence electrons. The average molecular weight is 332 g/mol. The maximum Gasteiger partial charge on any atom is 0.0977 e. The molecule has 3 aromatic carbocycles. The van der Waals surface area contributed by atoms with E-state index in [0.717, 1.165) is 16.8 Å². The van der Waals surface area contributed by atoms with E-state index in [2.05, 4.69) is 10.5 Å². The Morgan fingerprint density at radius 1 is 0.880 bits per heavy atom. The van der Waals surface area contributed by atoms with E-state index in [0.29, 0.717) is 5.69 Å². The lowest BCUT2D eigenvalue weighted by Crippen LogP contribution is -2.08. The van der Waals surface area contributed by atoms with E-state index in [1.165, 1.54) is 17.7 Å². The molecule has 0 aromatic heterocycles. The minimum atomic E-state index is -0.172. The molecule has 0 fully saturated rings. The Morgan fingerprint density at radius 3 is 2.08 bits per heavy atom. The second-order valence-corrected chi connectivity index (χ2v) is 5.62. The third-order valence-electron chi connectivity index (χ3n) is 3.76. The first kappa shape index (κ1) is 16.7. The summed E-state index contributed by atoms with van der Waals surface area (Å²) >= 11 is 0. The molecule has 0 aliphatic rings. The summed E-state index contributed by atoms with van der Waals surface area (Å²) in [7, 11) is 0. The molecule has 5 nitrogen and oxygen atoms in total. The molecule has 0 radical (unpaired) electrons. The monoisotopic (exact) mass is 332 g/mol. The number of benzene rings is 3. The van der Waals surface area contributed by atoms with Crippen molar-refractivity contribution in [2.45, 2.75) is 6.92 Å². The highest BCUT2D eigenvalue weighted by atomic mass is 16.8. The third-order valence-corrected chi connectivity index (χ3v) is 3.76. The van der Waals surface area contributed by atoms with Crippen LogP contribution in [-0.2, 0) is 0 Å². The zero-order valence-corrected chi connectivity index (χ0v) is 13.8. The highest BCUT2D eigenvalue weighted by Crippen LogP contribution is 2.17. The molecule has 0 aliphatic carbocycles. The molecule has 3 aromatic rings. The number of nitrogens with zero attached hydrogens (tertiary/aromatic N) is 2. The van der Waals surface area contributed by atoms with Gasteiger partial charge in [-0.15, -0.1) is 0 Å². The molecule has 0 bridgehead atoms. The molecule has 0 heterocycles. The minimum absolute atomic E-state index is 0.163. The molecule has 0 atom stereocenters. The van der Waals surface area contributed by atoms with Gasteiger partial charge in [-0.05, 0) is 31.2 Å². The highest BCUT2D eigenvalue weighted by Gasteiger charge is 2.07. The summed E-state index contributed by atoms with van der Waals surface area (Å²) in [5.41, 5.74) is 7.89. The van der Waals surface area contributed by atoms with E-state index in [-0.39, 0.29) is 10.9 Å². The predicted octanol–water partition coefficient (Wildman–Crippen LogP) is 4.55. The number of rotatable bonds is 5. The van der Waals surface area contributed by atoms with Gasteiger partial charge in [-0.2, -0.15) is 5.10 Å². The van der Waals surface area contributed by atoms with Crippen molar-refractivity contribution in [1.82, 2.24) is 0 Å². The van der Waals surface area contributed by atoms with Crippen molar-refractivity contribution >= 4 is 17.1 Å². The van der Waals surface area contributed by atoms with Crippen molar-refractivity contribution in [3.63, 3.8) is 0 Å². The second kappa shape index (κ2) is 7.61. The Kier molecular flexibility index (Phi) is 5.09. The fraction of sp³-hybridized carbons (Fsp3) is 0.0500. The van der Waals surface area contributed by atoms with E-state index in [4.69, 9.17) is 5.21 Å². The molecular weight excluding hydrogens is 314 g/mol. The Bertz CT molecular complexity index is 842. The van der Waals surface area contributed by atoms with Gasteiger partial charge in [-0.3, -0.25) is 10.6 Å². The molecule has 0 spiro atoms. The van der Waals surface area contributed by atoms with Gasteiger partial charge in [0.1, 0.15) is 0 Å². The molecule has 0 amide bonds. The maximum absolute atomic E-state index is 10.8. The summed E-state index contributed by atoms with van der Waals surface area (Å²) in [6, 6.07) is 24.5. The second-order valence-electron chi connectivity index (χ2n) is 5.62. The van der Waals surface area contributed by atoms with Crippen molar-refractivity contribution in [3.05, 3.63) is 101 Å². The van der Waals surface area contributed by atoms with Crippen LogP contribution >= 0.6 is 0 Å². The first-order valence-corrected chi connectivity index (χ1v) is 7.86. The fourth-order valence-electron chi connectivity index (χ4n) is 2.39. The van der Waals surface area contributed by atoms with Gasteiger partial charge in [0, 0.05) is 11.1 Å². The zero-order chi connectivity index (χ0) is 17.6. The summed E-state index contributed by atoms with van der Waals surface area (Å²) < 4.78 is 0. The summed E-state index contributed by atoms with van der Waals surface area (Å²) in [4.78, 5) is 0. The van der Waals surface area contributed by atoms with Gasteiger partial charge >= 0.3 is 0 Å². The Morgan fingerprint density at radius 2 is 1.48 bits per heavy atom. The average Bonchev–Trinajstić information content (AvgIpc) is 2.64. The van der Waals surface area contributed by atoms with Crippen LogP contribution in [0, 0.1) is 12.1 Å². The molecule has 0 saturated carbocycles. The van der Waals surface area contributed by atoms with Crippen LogP contribution in [0.5, 0.6) is 0 Å². The van der Waals surface area contributed by atoms with Gasteiger partial charge in [-0.25, -0.2) is 0 Å². The van der Waals surface area contributed by atoms with E-state index < -0.39 is 0 Å². The van der Waals surface area contributed by atoms with Crippen LogP contribution in [0.3, 0.4) is 0 Å². The first-order chi connectivity index (χ1) is 12.1. The van der Waals surface area contributed by atoms with Crippen molar-refractivity contribution in [1.29, 1.82) is 0 Å². The highest BCUT2D eigenvalue weighted by molar-refractivity contribution is 6.13. The third kappa shape index (κ3) is 4.23. The number of aryl methyl sites for hydroxylation is 1. The molecule has 0 unspecified atom stereocenters. The molecule has 5 heteroatoms. The zero-order valence-electron chi connectivity index (χ0n) is 13.8. The SMILES string of the molecule is Cc1ccc(C(=NNc2ccc(N([O-])O)cc2)c2ccccc2)cc1. The molecule has 0 aliphatic heterocycles. The quantitative estimate of drug-likeness (QED) is 0.531. The Labute approximate surface area is 146 Å². The smallest absolute Gasteiger partial charge is 0.0977 e. The van der Waals surface area contributed by atoms with Crippen LogP contribution in [0.4, 0.5) is 11.4 Å². The number of nitrogens with one attached hydrogen (secondary N) is 1. The van der Waals surface area contributed by atoms with Crippen LogP contribution in [0.25, 0.3) is 0 Å².